The van der Waals surface area contributed by atoms with E-state index in [0.717, 1.165) is 11.4 Å². The minimum atomic E-state index is -0.446. The van der Waals surface area contributed by atoms with Crippen molar-refractivity contribution in [1.82, 2.24) is 9.78 Å². The third-order valence-electron chi connectivity index (χ3n) is 2.28. The van der Waals surface area contributed by atoms with Crippen molar-refractivity contribution in [1.29, 1.82) is 0 Å². The molecule has 6 nitrogen and oxygen atoms in total. The number of nitro benzene ring substituents is 1. The highest BCUT2D eigenvalue weighted by atomic mass is 79.9. The first kappa shape index (κ1) is 11.6. The molecule has 0 aliphatic carbocycles. The Bertz CT molecular complexity index is 594. The lowest BCUT2D eigenvalue weighted by Crippen LogP contribution is -2.00. The lowest BCUT2D eigenvalue weighted by atomic mass is 10.3. The van der Waals surface area contributed by atoms with Gasteiger partial charge in [0.25, 0.3) is 5.69 Å². The maximum Gasteiger partial charge on any atom is 0.283 e. The fourth-order valence-electron chi connectivity index (χ4n) is 1.54. The number of hydrogen-bond donors (Lipinski definition) is 1. The van der Waals surface area contributed by atoms with Gasteiger partial charge >= 0.3 is 0 Å². The molecule has 2 N–H and O–H groups in total. The molecule has 0 spiro atoms. The van der Waals surface area contributed by atoms with Gasteiger partial charge < -0.3 is 5.73 Å². The van der Waals surface area contributed by atoms with Crippen LogP contribution in [0.2, 0.25) is 0 Å². The van der Waals surface area contributed by atoms with Gasteiger partial charge in [0.2, 0.25) is 0 Å². The largest absolute Gasteiger partial charge is 0.382 e. The fourth-order valence-corrected chi connectivity index (χ4v) is 2.05. The van der Waals surface area contributed by atoms with Crippen LogP contribution >= 0.6 is 15.9 Å². The van der Waals surface area contributed by atoms with Crippen molar-refractivity contribution >= 4 is 27.4 Å². The second kappa shape index (κ2) is 4.17. The number of rotatable bonds is 2. The van der Waals surface area contributed by atoms with Crippen LogP contribution in [-0.4, -0.2) is 14.7 Å². The van der Waals surface area contributed by atoms with Crippen molar-refractivity contribution in [3.63, 3.8) is 0 Å². The van der Waals surface area contributed by atoms with Crippen LogP contribution in [0.5, 0.6) is 0 Å². The summed E-state index contributed by atoms with van der Waals surface area (Å²) < 4.78 is 2.04. The van der Waals surface area contributed by atoms with Crippen LogP contribution in [0.1, 0.15) is 5.69 Å². The van der Waals surface area contributed by atoms with Crippen molar-refractivity contribution < 1.29 is 4.92 Å². The number of nitrogens with zero attached hydrogens (tertiary/aromatic N) is 3. The quantitative estimate of drug-likeness (QED) is 0.681. The van der Waals surface area contributed by atoms with E-state index in [1.54, 1.807) is 22.9 Å². The fraction of sp³-hybridized carbons (Fsp3) is 0.100. The predicted molar refractivity (Wildman–Crippen MR) is 67.1 cm³/mol. The highest BCUT2D eigenvalue weighted by Gasteiger charge is 2.13. The van der Waals surface area contributed by atoms with Gasteiger partial charge in [-0.3, -0.25) is 10.1 Å². The molecule has 0 saturated carbocycles. The molecule has 1 aromatic carbocycles. The van der Waals surface area contributed by atoms with E-state index in [4.69, 9.17) is 5.73 Å². The Labute approximate surface area is 105 Å². The van der Waals surface area contributed by atoms with E-state index in [0.29, 0.717) is 10.3 Å². The molecular formula is C10H9BrN4O2. The monoisotopic (exact) mass is 296 g/mol. The average molecular weight is 297 g/mol. The number of hydrogen-bond acceptors (Lipinski definition) is 4. The van der Waals surface area contributed by atoms with Gasteiger partial charge in [0.05, 0.1) is 15.1 Å². The molecule has 0 radical (unpaired) electrons. The zero-order chi connectivity index (χ0) is 12.6. The van der Waals surface area contributed by atoms with E-state index in [1.807, 2.05) is 6.92 Å². The van der Waals surface area contributed by atoms with Gasteiger partial charge in [0.15, 0.2) is 0 Å². The second-order valence-electron chi connectivity index (χ2n) is 3.52. The summed E-state index contributed by atoms with van der Waals surface area (Å²) in [4.78, 5) is 10.2. The Morgan fingerprint density at radius 2 is 2.18 bits per heavy atom. The number of aromatic nitrogens is 2. The summed E-state index contributed by atoms with van der Waals surface area (Å²) in [6.45, 7) is 1.86. The van der Waals surface area contributed by atoms with Gasteiger partial charge in [-0.1, -0.05) is 0 Å². The minimum Gasteiger partial charge on any atom is -0.382 e. The molecular weight excluding hydrogens is 288 g/mol. The Hall–Kier alpha value is -1.89. The average Bonchev–Trinajstić information content (AvgIpc) is 2.57. The van der Waals surface area contributed by atoms with E-state index >= 15 is 0 Å². The number of aryl methyl sites for hydroxylation is 1. The molecule has 0 unspecified atom stereocenters. The maximum atomic E-state index is 10.7. The lowest BCUT2D eigenvalue weighted by molar-refractivity contribution is -0.385. The summed E-state index contributed by atoms with van der Waals surface area (Å²) in [6, 6.07) is 6.42. The normalized spacial score (nSPS) is 10.5. The topological polar surface area (TPSA) is 87.0 Å². The molecule has 1 aromatic heterocycles. The molecule has 0 aliphatic heterocycles. The van der Waals surface area contributed by atoms with E-state index in [1.165, 1.54) is 6.07 Å². The molecule has 7 heteroatoms. The van der Waals surface area contributed by atoms with Crippen molar-refractivity contribution in [3.8, 4) is 5.69 Å². The number of benzene rings is 1. The van der Waals surface area contributed by atoms with Crippen LogP contribution in [0.15, 0.2) is 28.7 Å². The first-order valence-electron chi connectivity index (χ1n) is 4.75. The summed E-state index contributed by atoms with van der Waals surface area (Å²) in [6.07, 6.45) is 0. The zero-order valence-corrected chi connectivity index (χ0v) is 10.5. The van der Waals surface area contributed by atoms with Gasteiger partial charge in [-0.15, -0.1) is 0 Å². The van der Waals surface area contributed by atoms with Crippen molar-refractivity contribution in [2.45, 2.75) is 6.92 Å². The Kier molecular flexibility index (Phi) is 2.84. The van der Waals surface area contributed by atoms with Crippen LogP contribution in [0.3, 0.4) is 0 Å². The van der Waals surface area contributed by atoms with Crippen LogP contribution in [0.4, 0.5) is 11.5 Å². The van der Waals surface area contributed by atoms with E-state index in [9.17, 15) is 10.1 Å². The molecule has 88 valence electrons. The number of anilines is 1. The summed E-state index contributed by atoms with van der Waals surface area (Å²) >= 11 is 3.16. The predicted octanol–water partition coefficient (Wildman–Crippen LogP) is 2.43. The Morgan fingerprint density at radius 3 is 2.65 bits per heavy atom. The van der Waals surface area contributed by atoms with Gasteiger partial charge in [-0.05, 0) is 35.0 Å². The number of halogens is 1. The first-order chi connectivity index (χ1) is 7.99. The third-order valence-corrected chi connectivity index (χ3v) is 2.91. The van der Waals surface area contributed by atoms with Crippen LogP contribution in [0, 0.1) is 17.0 Å². The summed E-state index contributed by atoms with van der Waals surface area (Å²) in [7, 11) is 0. The van der Waals surface area contributed by atoms with Crippen LogP contribution in [0.25, 0.3) is 5.69 Å². The smallest absolute Gasteiger partial charge is 0.283 e. The number of nitrogen functional groups attached to an aromatic ring is 1. The molecule has 1 heterocycles. The first-order valence-corrected chi connectivity index (χ1v) is 5.55. The van der Waals surface area contributed by atoms with E-state index in [2.05, 4.69) is 21.0 Å². The molecule has 0 amide bonds. The van der Waals surface area contributed by atoms with Crippen molar-refractivity contribution in [2.24, 2.45) is 0 Å². The molecule has 0 atom stereocenters. The lowest BCUT2D eigenvalue weighted by Gasteiger charge is -2.04. The Balaban J connectivity index is 2.51. The van der Waals surface area contributed by atoms with E-state index in [-0.39, 0.29) is 5.69 Å². The van der Waals surface area contributed by atoms with Crippen LogP contribution in [-0.2, 0) is 0 Å². The van der Waals surface area contributed by atoms with Crippen molar-refractivity contribution in [2.75, 3.05) is 5.73 Å². The number of nitrogens with two attached hydrogens (primary N) is 1. The molecule has 0 aliphatic rings. The Morgan fingerprint density at radius 1 is 1.47 bits per heavy atom. The summed E-state index contributed by atoms with van der Waals surface area (Å²) in [5, 5.41) is 14.8. The maximum absolute atomic E-state index is 10.7. The summed E-state index contributed by atoms with van der Waals surface area (Å²) in [5.41, 5.74) is 7.18. The molecule has 0 saturated heterocycles. The van der Waals surface area contributed by atoms with Gasteiger partial charge in [-0.25, -0.2) is 4.68 Å². The van der Waals surface area contributed by atoms with E-state index < -0.39 is 4.92 Å². The highest BCUT2D eigenvalue weighted by Crippen LogP contribution is 2.27. The molecule has 0 fully saturated rings. The molecule has 2 aromatic rings. The van der Waals surface area contributed by atoms with Gasteiger partial charge in [0, 0.05) is 17.8 Å². The molecule has 0 bridgehead atoms. The zero-order valence-electron chi connectivity index (χ0n) is 8.92. The number of nitro groups is 1. The SMILES string of the molecule is Cc1cc(N)nn1-c1ccc([N+](=O)[O-])c(Br)c1. The van der Waals surface area contributed by atoms with Crippen LogP contribution < -0.4 is 5.73 Å². The van der Waals surface area contributed by atoms with Crippen molar-refractivity contribution in [3.05, 3.63) is 44.5 Å². The second-order valence-corrected chi connectivity index (χ2v) is 4.37. The molecule has 17 heavy (non-hydrogen) atoms. The van der Waals surface area contributed by atoms with Gasteiger partial charge in [-0.2, -0.15) is 5.10 Å². The minimum absolute atomic E-state index is 0.0199. The highest BCUT2D eigenvalue weighted by molar-refractivity contribution is 9.10. The third kappa shape index (κ3) is 2.14. The standard InChI is InChI=1S/C10H9BrN4O2/c1-6-4-10(12)13-14(6)7-2-3-9(15(16)17)8(11)5-7/h2-5H,1H3,(H2,12,13). The summed E-state index contributed by atoms with van der Waals surface area (Å²) in [5.74, 6) is 0.414. The van der Waals surface area contributed by atoms with Gasteiger partial charge in [0.1, 0.15) is 5.82 Å². The molecule has 2 rings (SSSR count).